The molecule has 1 aromatic carbocycles. The molecule has 0 spiro atoms. The molecule has 4 rings (SSSR count). The fourth-order valence-electron chi connectivity index (χ4n) is 2.88. The molecule has 2 saturated carbocycles. The normalized spacial score (nSPS) is 24.0. The second-order valence-corrected chi connectivity index (χ2v) is 8.20. The van der Waals surface area contributed by atoms with Gasteiger partial charge in [0.1, 0.15) is 11.0 Å². The van der Waals surface area contributed by atoms with Crippen LogP contribution in [0.4, 0.5) is 18.9 Å². The summed E-state index contributed by atoms with van der Waals surface area (Å²) in [6, 6.07) is 5.48. The number of carbonyl (C=O) groups excluding carboxylic acids is 2. The van der Waals surface area contributed by atoms with E-state index in [0.717, 1.165) is 25.7 Å². The highest BCUT2D eigenvalue weighted by Crippen LogP contribution is 2.39. The lowest BCUT2D eigenvalue weighted by Gasteiger charge is -2.15. The minimum Gasteiger partial charge on any atom is -0.406 e. The Bertz CT molecular complexity index is 805. The van der Waals surface area contributed by atoms with Crippen LogP contribution in [0.5, 0.6) is 5.75 Å². The largest absolute Gasteiger partial charge is 0.573 e. The van der Waals surface area contributed by atoms with Gasteiger partial charge in [-0.1, -0.05) is 11.8 Å². The van der Waals surface area contributed by atoms with Gasteiger partial charge >= 0.3 is 6.36 Å². The van der Waals surface area contributed by atoms with Crippen LogP contribution < -0.4 is 10.1 Å². The van der Waals surface area contributed by atoms with Gasteiger partial charge in [-0.05, 0) is 49.9 Å². The first-order valence-corrected chi connectivity index (χ1v) is 9.90. The number of nitrogens with zero attached hydrogens (tertiary/aromatic N) is 2. The van der Waals surface area contributed by atoms with Crippen molar-refractivity contribution in [3.8, 4) is 5.75 Å². The SMILES string of the molecule is O=C(CC1SC(=Nc2ccc(OC(F)(F)F)cc2)N(C2CC2)C1=O)NC1CC1. The van der Waals surface area contributed by atoms with Crippen molar-refractivity contribution in [1.29, 1.82) is 0 Å². The Hall–Kier alpha value is -2.23. The molecule has 150 valence electrons. The summed E-state index contributed by atoms with van der Waals surface area (Å²) in [5.41, 5.74) is 0.415. The van der Waals surface area contributed by atoms with Crippen LogP contribution in [0.25, 0.3) is 0 Å². The van der Waals surface area contributed by atoms with E-state index in [1.165, 1.54) is 36.0 Å². The van der Waals surface area contributed by atoms with Crippen molar-refractivity contribution in [2.45, 2.75) is 55.8 Å². The molecule has 2 aliphatic carbocycles. The Kier molecular flexibility index (Phi) is 4.98. The molecule has 1 saturated heterocycles. The van der Waals surface area contributed by atoms with E-state index in [2.05, 4.69) is 15.0 Å². The van der Waals surface area contributed by atoms with Gasteiger partial charge in [0.15, 0.2) is 5.17 Å². The molecule has 1 unspecified atom stereocenters. The van der Waals surface area contributed by atoms with Gasteiger partial charge in [-0.3, -0.25) is 14.5 Å². The summed E-state index contributed by atoms with van der Waals surface area (Å²) in [4.78, 5) is 30.9. The van der Waals surface area contributed by atoms with Crippen molar-refractivity contribution >= 4 is 34.4 Å². The molecule has 2 amide bonds. The Morgan fingerprint density at radius 3 is 2.46 bits per heavy atom. The first-order valence-electron chi connectivity index (χ1n) is 9.02. The number of hydrogen-bond donors (Lipinski definition) is 1. The fraction of sp³-hybridized carbons (Fsp3) is 0.500. The lowest BCUT2D eigenvalue weighted by atomic mass is 10.2. The van der Waals surface area contributed by atoms with Gasteiger partial charge in [-0.2, -0.15) is 0 Å². The summed E-state index contributed by atoms with van der Waals surface area (Å²) in [5.74, 6) is -0.603. The first kappa shape index (κ1) is 19.1. The molecule has 1 atom stereocenters. The molecular formula is C18H18F3N3O3S. The molecule has 0 bridgehead atoms. The molecule has 1 heterocycles. The van der Waals surface area contributed by atoms with Crippen LogP contribution in [-0.2, 0) is 9.59 Å². The van der Waals surface area contributed by atoms with E-state index >= 15 is 0 Å². The fourth-order valence-corrected chi connectivity index (χ4v) is 4.09. The zero-order valence-corrected chi connectivity index (χ0v) is 15.6. The third-order valence-corrected chi connectivity index (χ3v) is 5.64. The van der Waals surface area contributed by atoms with Gasteiger partial charge in [0.25, 0.3) is 0 Å². The van der Waals surface area contributed by atoms with E-state index in [9.17, 15) is 22.8 Å². The molecule has 6 nitrogen and oxygen atoms in total. The second kappa shape index (κ2) is 7.31. The molecule has 1 N–H and O–H groups in total. The quantitative estimate of drug-likeness (QED) is 0.777. The highest BCUT2D eigenvalue weighted by atomic mass is 32.2. The van der Waals surface area contributed by atoms with Gasteiger partial charge in [-0.15, -0.1) is 13.2 Å². The Morgan fingerprint density at radius 1 is 1.21 bits per heavy atom. The summed E-state index contributed by atoms with van der Waals surface area (Å²) in [7, 11) is 0. The van der Waals surface area contributed by atoms with Crippen LogP contribution in [0.15, 0.2) is 29.3 Å². The van der Waals surface area contributed by atoms with Crippen molar-refractivity contribution in [3.63, 3.8) is 0 Å². The summed E-state index contributed by atoms with van der Waals surface area (Å²) < 4.78 is 40.6. The van der Waals surface area contributed by atoms with Crippen molar-refractivity contribution in [2.75, 3.05) is 0 Å². The summed E-state index contributed by atoms with van der Waals surface area (Å²) in [5, 5.41) is 2.85. The smallest absolute Gasteiger partial charge is 0.406 e. The monoisotopic (exact) mass is 413 g/mol. The van der Waals surface area contributed by atoms with Crippen molar-refractivity contribution < 1.29 is 27.5 Å². The predicted octanol–water partition coefficient (Wildman–Crippen LogP) is 3.35. The average Bonchev–Trinajstić information content (AvgIpc) is 3.51. The van der Waals surface area contributed by atoms with Crippen molar-refractivity contribution in [2.24, 2.45) is 4.99 Å². The van der Waals surface area contributed by atoms with Gasteiger partial charge in [0.2, 0.25) is 11.8 Å². The minimum absolute atomic E-state index is 0.0862. The maximum Gasteiger partial charge on any atom is 0.573 e. The minimum atomic E-state index is -4.75. The maximum atomic E-state index is 12.7. The molecule has 0 aromatic heterocycles. The van der Waals surface area contributed by atoms with E-state index in [-0.39, 0.29) is 36.1 Å². The van der Waals surface area contributed by atoms with Crippen LogP contribution in [0.2, 0.25) is 0 Å². The summed E-state index contributed by atoms with van der Waals surface area (Å²) >= 11 is 1.23. The summed E-state index contributed by atoms with van der Waals surface area (Å²) in [6.07, 6.45) is -0.937. The molecular weight excluding hydrogens is 395 g/mol. The highest BCUT2D eigenvalue weighted by molar-refractivity contribution is 8.15. The number of thioether (sulfide) groups is 1. The predicted molar refractivity (Wildman–Crippen MR) is 97.2 cm³/mol. The van der Waals surface area contributed by atoms with E-state index in [1.54, 1.807) is 4.90 Å². The highest BCUT2D eigenvalue weighted by Gasteiger charge is 2.46. The van der Waals surface area contributed by atoms with Gasteiger partial charge < -0.3 is 10.1 Å². The van der Waals surface area contributed by atoms with Gasteiger partial charge in [0, 0.05) is 18.5 Å². The second-order valence-electron chi connectivity index (χ2n) is 7.03. The number of halogens is 3. The Morgan fingerprint density at radius 2 is 1.89 bits per heavy atom. The topological polar surface area (TPSA) is 71.0 Å². The van der Waals surface area contributed by atoms with Crippen LogP contribution >= 0.6 is 11.8 Å². The Labute approximate surface area is 163 Å². The van der Waals surface area contributed by atoms with Gasteiger partial charge in [-0.25, -0.2) is 4.99 Å². The molecule has 3 fully saturated rings. The third kappa shape index (κ3) is 4.78. The first-order chi connectivity index (χ1) is 13.3. The average molecular weight is 413 g/mol. The van der Waals surface area contributed by atoms with E-state index < -0.39 is 11.6 Å². The lowest BCUT2D eigenvalue weighted by Crippen LogP contribution is -2.36. The van der Waals surface area contributed by atoms with Crippen LogP contribution in [0, 0.1) is 0 Å². The number of carbonyl (C=O) groups is 2. The number of alkyl halides is 3. The summed E-state index contributed by atoms with van der Waals surface area (Å²) in [6.45, 7) is 0. The molecule has 0 radical (unpaired) electrons. The van der Waals surface area contributed by atoms with E-state index in [4.69, 9.17) is 0 Å². The van der Waals surface area contributed by atoms with E-state index in [1.807, 2.05) is 0 Å². The number of benzene rings is 1. The van der Waals surface area contributed by atoms with Crippen LogP contribution in [-0.4, -0.2) is 45.6 Å². The molecule has 10 heteroatoms. The standard InChI is InChI=1S/C18H18F3N3O3S/c19-18(20,21)27-13-7-3-11(4-8-13)23-17-24(12-5-6-12)16(26)14(28-17)9-15(25)22-10-1-2-10/h3-4,7-8,10,12,14H,1-2,5-6,9H2,(H,22,25). The number of ether oxygens (including phenoxy) is 1. The molecule has 28 heavy (non-hydrogen) atoms. The molecule has 3 aliphatic rings. The third-order valence-electron chi connectivity index (χ3n) is 4.49. The van der Waals surface area contributed by atoms with Crippen molar-refractivity contribution in [1.82, 2.24) is 10.2 Å². The number of rotatable bonds is 6. The zero-order valence-electron chi connectivity index (χ0n) is 14.7. The molecule has 1 aromatic rings. The van der Waals surface area contributed by atoms with E-state index in [0.29, 0.717) is 10.9 Å². The zero-order chi connectivity index (χ0) is 19.9. The van der Waals surface area contributed by atoms with Gasteiger partial charge in [0.05, 0.1) is 5.69 Å². The number of amides is 2. The van der Waals surface area contributed by atoms with Crippen LogP contribution in [0.3, 0.4) is 0 Å². The number of amidine groups is 1. The number of nitrogens with one attached hydrogen (secondary N) is 1. The Balaban J connectivity index is 1.47. The number of aliphatic imine (C=N–C) groups is 1. The van der Waals surface area contributed by atoms with Crippen molar-refractivity contribution in [3.05, 3.63) is 24.3 Å². The maximum absolute atomic E-state index is 12.7. The number of hydrogen-bond acceptors (Lipinski definition) is 5. The lowest BCUT2D eigenvalue weighted by molar-refractivity contribution is -0.274. The molecule has 1 aliphatic heterocycles. The van der Waals surface area contributed by atoms with Crippen LogP contribution in [0.1, 0.15) is 32.1 Å².